The van der Waals surface area contributed by atoms with Crippen LogP contribution < -0.4 is 0 Å². The van der Waals surface area contributed by atoms with Crippen LogP contribution in [-0.4, -0.2) is 19.9 Å². The smallest absolute Gasteiger partial charge is 0.164 e. The number of hydrogen-bond acceptors (Lipinski definition) is 5. The van der Waals surface area contributed by atoms with Gasteiger partial charge in [-0.25, -0.2) is 15.0 Å². The standard InChI is InChI=1S/C51H34N4O/c1-3-37(51-54-49(34-17-9-6-10-18-34)53-50(55-51)35-25-23-33(24-26-35)32-15-7-5-8-16-32)47-45-31-52-30-44(48(45)56-46(47)4-2)36-27-28-42-40-21-12-11-19-38(40)39-20-13-14-22-41(39)43(42)29-36/h3-31H,2H2,1H3/b37-3+. The monoisotopic (exact) mass is 718 g/mol. The van der Waals surface area contributed by atoms with Crippen molar-refractivity contribution >= 4 is 54.9 Å². The molecule has 0 atom stereocenters. The van der Waals surface area contributed by atoms with Crippen LogP contribution in [0.5, 0.6) is 0 Å². The molecule has 0 aliphatic carbocycles. The van der Waals surface area contributed by atoms with Crippen LogP contribution in [0.1, 0.15) is 24.1 Å². The van der Waals surface area contributed by atoms with Crippen molar-refractivity contribution in [1.82, 2.24) is 19.9 Å². The minimum atomic E-state index is 0.531. The Bertz CT molecular complexity index is 3110. The predicted octanol–water partition coefficient (Wildman–Crippen LogP) is 13.2. The molecule has 264 valence electrons. The van der Waals surface area contributed by atoms with E-state index in [9.17, 15) is 0 Å². The van der Waals surface area contributed by atoms with Gasteiger partial charge in [-0.15, -0.1) is 0 Å². The van der Waals surface area contributed by atoms with Gasteiger partial charge >= 0.3 is 0 Å². The van der Waals surface area contributed by atoms with Crippen molar-refractivity contribution < 1.29 is 4.42 Å². The molecule has 3 aromatic heterocycles. The highest BCUT2D eigenvalue weighted by molar-refractivity contribution is 6.26. The Morgan fingerprint density at radius 3 is 1.61 bits per heavy atom. The molecule has 3 heterocycles. The predicted molar refractivity (Wildman–Crippen MR) is 231 cm³/mol. The number of hydrogen-bond donors (Lipinski definition) is 0. The van der Waals surface area contributed by atoms with Gasteiger partial charge in [0.15, 0.2) is 17.5 Å². The Hall–Kier alpha value is -7.50. The Labute approximate surface area is 324 Å². The number of rotatable bonds is 7. The molecule has 0 unspecified atom stereocenters. The van der Waals surface area contributed by atoms with E-state index in [0.717, 1.165) is 55.5 Å². The molecule has 0 bridgehead atoms. The summed E-state index contributed by atoms with van der Waals surface area (Å²) in [7, 11) is 0. The molecule has 10 rings (SSSR count). The van der Waals surface area contributed by atoms with Crippen LogP contribution >= 0.6 is 0 Å². The Balaban J connectivity index is 1.13. The summed E-state index contributed by atoms with van der Waals surface area (Å²) in [5, 5.41) is 8.16. The van der Waals surface area contributed by atoms with Gasteiger partial charge in [-0.05, 0) is 68.1 Å². The molecule has 0 aliphatic heterocycles. The molecular weight excluding hydrogens is 685 g/mol. The van der Waals surface area contributed by atoms with Crippen molar-refractivity contribution in [3.63, 3.8) is 0 Å². The lowest BCUT2D eigenvalue weighted by molar-refractivity contribution is 0.604. The van der Waals surface area contributed by atoms with Gasteiger partial charge in [0.2, 0.25) is 0 Å². The van der Waals surface area contributed by atoms with Crippen LogP contribution in [0, 0.1) is 0 Å². The summed E-state index contributed by atoms with van der Waals surface area (Å²) in [5.41, 5.74) is 8.33. The van der Waals surface area contributed by atoms with Crippen molar-refractivity contribution in [2.45, 2.75) is 6.92 Å². The van der Waals surface area contributed by atoms with Crippen molar-refractivity contribution in [1.29, 1.82) is 0 Å². The molecule has 5 heteroatoms. The second-order valence-electron chi connectivity index (χ2n) is 13.8. The summed E-state index contributed by atoms with van der Waals surface area (Å²) in [4.78, 5) is 20.0. The molecule has 56 heavy (non-hydrogen) atoms. The summed E-state index contributed by atoms with van der Waals surface area (Å²) in [6, 6.07) is 52.6. The lowest BCUT2D eigenvalue weighted by atomic mass is 9.92. The SMILES string of the molecule is C=Cc1oc2c(-c3ccc4c5ccccc5c5ccccc5c4c3)cncc2c1/C(=C\C)c1nc(-c2ccccc2)nc(-c2ccc(-c3ccccc3)cc2)n1. The third-order valence-electron chi connectivity index (χ3n) is 10.6. The summed E-state index contributed by atoms with van der Waals surface area (Å²) >= 11 is 0. The summed E-state index contributed by atoms with van der Waals surface area (Å²) in [5.74, 6) is 2.31. The molecule has 0 saturated carbocycles. The lowest BCUT2D eigenvalue weighted by Crippen LogP contribution is -2.04. The van der Waals surface area contributed by atoms with Crippen LogP contribution in [0.15, 0.2) is 181 Å². The zero-order chi connectivity index (χ0) is 37.6. The Morgan fingerprint density at radius 1 is 0.500 bits per heavy atom. The highest BCUT2D eigenvalue weighted by Crippen LogP contribution is 2.42. The van der Waals surface area contributed by atoms with E-state index in [1.807, 2.05) is 73.9 Å². The van der Waals surface area contributed by atoms with Gasteiger partial charge in [0, 0.05) is 45.6 Å². The van der Waals surface area contributed by atoms with E-state index >= 15 is 0 Å². The first kappa shape index (κ1) is 33.1. The third kappa shape index (κ3) is 5.57. The fourth-order valence-electron chi connectivity index (χ4n) is 7.90. The molecule has 0 fully saturated rings. The van der Waals surface area contributed by atoms with Crippen LogP contribution in [0.3, 0.4) is 0 Å². The summed E-state index contributed by atoms with van der Waals surface area (Å²) in [6.45, 7) is 6.17. The molecule has 7 aromatic carbocycles. The highest BCUT2D eigenvalue weighted by Gasteiger charge is 2.24. The average Bonchev–Trinajstić information content (AvgIpc) is 3.66. The quantitative estimate of drug-likeness (QED) is 0.154. The van der Waals surface area contributed by atoms with Crippen LogP contribution in [-0.2, 0) is 0 Å². The highest BCUT2D eigenvalue weighted by atomic mass is 16.3. The van der Waals surface area contributed by atoms with Gasteiger partial charge in [0.05, 0.1) is 0 Å². The first-order valence-electron chi connectivity index (χ1n) is 18.7. The molecule has 0 aliphatic rings. The number of nitrogens with zero attached hydrogens (tertiary/aromatic N) is 4. The molecule has 0 radical (unpaired) electrons. The van der Waals surface area contributed by atoms with Gasteiger partial charge in [-0.2, -0.15) is 0 Å². The molecule has 0 N–H and O–H groups in total. The fourth-order valence-corrected chi connectivity index (χ4v) is 7.90. The Kier molecular flexibility index (Phi) is 8.11. The minimum absolute atomic E-state index is 0.531. The lowest BCUT2D eigenvalue weighted by Gasteiger charge is -2.12. The van der Waals surface area contributed by atoms with Gasteiger partial charge in [0.25, 0.3) is 0 Å². The van der Waals surface area contributed by atoms with E-state index in [1.165, 1.54) is 32.3 Å². The number of fused-ring (bicyclic) bond motifs is 7. The maximum absolute atomic E-state index is 6.72. The minimum Gasteiger partial charge on any atom is -0.455 e. The van der Waals surface area contributed by atoms with E-state index in [2.05, 4.69) is 110 Å². The first-order chi connectivity index (χ1) is 27.7. The average molecular weight is 719 g/mol. The number of benzene rings is 7. The molecule has 0 spiro atoms. The van der Waals surface area contributed by atoms with E-state index < -0.39 is 0 Å². The van der Waals surface area contributed by atoms with Crippen molar-refractivity contribution in [3.05, 3.63) is 194 Å². The van der Waals surface area contributed by atoms with E-state index in [-0.39, 0.29) is 0 Å². The molecule has 0 saturated heterocycles. The summed E-state index contributed by atoms with van der Waals surface area (Å²) in [6.07, 6.45) is 7.53. The molecule has 10 aromatic rings. The van der Waals surface area contributed by atoms with Crippen LogP contribution in [0.25, 0.3) is 100.0 Å². The molecular formula is C51H34N4O. The van der Waals surface area contributed by atoms with Gasteiger partial charge in [-0.3, -0.25) is 4.98 Å². The van der Waals surface area contributed by atoms with E-state index in [4.69, 9.17) is 24.4 Å². The van der Waals surface area contributed by atoms with Crippen molar-refractivity contribution in [3.8, 4) is 45.0 Å². The normalized spacial score (nSPS) is 11.8. The fraction of sp³-hybridized carbons (Fsp3) is 0.0196. The van der Waals surface area contributed by atoms with Crippen molar-refractivity contribution in [2.24, 2.45) is 0 Å². The maximum atomic E-state index is 6.72. The van der Waals surface area contributed by atoms with Crippen LogP contribution in [0.2, 0.25) is 0 Å². The second-order valence-corrected chi connectivity index (χ2v) is 13.8. The zero-order valence-electron chi connectivity index (χ0n) is 30.6. The number of allylic oxidation sites excluding steroid dienone is 1. The maximum Gasteiger partial charge on any atom is 0.164 e. The van der Waals surface area contributed by atoms with E-state index in [0.29, 0.717) is 23.2 Å². The van der Waals surface area contributed by atoms with Crippen molar-refractivity contribution in [2.75, 3.05) is 0 Å². The number of pyridine rings is 1. The van der Waals surface area contributed by atoms with Gasteiger partial charge in [0.1, 0.15) is 11.3 Å². The van der Waals surface area contributed by atoms with Crippen LogP contribution in [0.4, 0.5) is 0 Å². The van der Waals surface area contributed by atoms with Gasteiger partial charge in [-0.1, -0.05) is 158 Å². The molecule has 0 amide bonds. The second kappa shape index (κ2) is 13.7. The topological polar surface area (TPSA) is 64.7 Å². The summed E-state index contributed by atoms with van der Waals surface area (Å²) < 4.78 is 6.72. The third-order valence-corrected chi connectivity index (χ3v) is 10.6. The number of furan rings is 1. The molecule has 5 nitrogen and oxygen atoms in total. The largest absolute Gasteiger partial charge is 0.455 e. The number of aromatic nitrogens is 4. The first-order valence-corrected chi connectivity index (χ1v) is 18.7. The Morgan fingerprint density at radius 2 is 1.00 bits per heavy atom. The van der Waals surface area contributed by atoms with E-state index in [1.54, 1.807) is 6.08 Å². The zero-order valence-corrected chi connectivity index (χ0v) is 30.6. The van der Waals surface area contributed by atoms with Gasteiger partial charge < -0.3 is 4.42 Å².